The number of aromatic nitrogens is 1. The third kappa shape index (κ3) is 5.58. The number of nitrogens with zero attached hydrogens (tertiary/aromatic N) is 1. The summed E-state index contributed by atoms with van der Waals surface area (Å²) in [5.74, 6) is 0.134. The highest BCUT2D eigenvalue weighted by Gasteiger charge is 2.11. The first-order valence-electron chi connectivity index (χ1n) is 7.78. The molecule has 2 rings (SSSR count). The molecule has 0 unspecified atom stereocenters. The van der Waals surface area contributed by atoms with Gasteiger partial charge in [0.25, 0.3) is 11.8 Å². The average molecular weight is 343 g/mol. The number of amides is 2. The van der Waals surface area contributed by atoms with E-state index in [1.165, 1.54) is 12.3 Å². The van der Waals surface area contributed by atoms with E-state index < -0.39 is 0 Å². The minimum atomic E-state index is -0.345. The Morgan fingerprint density at radius 1 is 1.04 bits per heavy atom. The van der Waals surface area contributed by atoms with Crippen molar-refractivity contribution in [3.05, 3.63) is 59.4 Å². The molecule has 7 nitrogen and oxygen atoms in total. The molecule has 1 aromatic carbocycles. The molecule has 0 saturated carbocycles. The van der Waals surface area contributed by atoms with E-state index in [2.05, 4.69) is 15.6 Å². The fourth-order valence-corrected chi connectivity index (χ4v) is 2.08. The van der Waals surface area contributed by atoms with Crippen LogP contribution in [0.3, 0.4) is 0 Å². The van der Waals surface area contributed by atoms with Crippen LogP contribution < -0.4 is 15.4 Å². The topological polar surface area (TPSA) is 89.5 Å². The number of carbonyl (C=O) groups is 2. The summed E-state index contributed by atoms with van der Waals surface area (Å²) in [4.78, 5) is 28.2. The molecule has 0 spiro atoms. The molecule has 2 aromatic rings. The van der Waals surface area contributed by atoms with Crippen LogP contribution >= 0.6 is 0 Å². The van der Waals surface area contributed by atoms with E-state index in [4.69, 9.17) is 9.47 Å². The van der Waals surface area contributed by atoms with E-state index in [0.717, 1.165) is 11.3 Å². The lowest BCUT2D eigenvalue weighted by atomic mass is 10.2. The van der Waals surface area contributed by atoms with Crippen molar-refractivity contribution in [2.24, 2.45) is 0 Å². The molecule has 0 bridgehead atoms. The molecule has 2 N–H and O–H groups in total. The highest BCUT2D eigenvalue weighted by atomic mass is 16.5. The molecule has 0 aliphatic heterocycles. The molecule has 0 aliphatic carbocycles. The van der Waals surface area contributed by atoms with Crippen LogP contribution in [-0.4, -0.2) is 44.2 Å². The first-order chi connectivity index (χ1) is 12.1. The van der Waals surface area contributed by atoms with Gasteiger partial charge in [0.15, 0.2) is 0 Å². The predicted molar refractivity (Wildman–Crippen MR) is 92.6 cm³/mol. The monoisotopic (exact) mass is 343 g/mol. The maximum atomic E-state index is 12.2. The van der Waals surface area contributed by atoms with Crippen LogP contribution in [0, 0.1) is 0 Å². The molecule has 0 saturated heterocycles. The third-order valence-electron chi connectivity index (χ3n) is 3.46. The van der Waals surface area contributed by atoms with Crippen LogP contribution in [0.15, 0.2) is 42.6 Å². The molecule has 0 radical (unpaired) electrons. The number of carbonyl (C=O) groups excluding carboxylic acids is 2. The normalized spacial score (nSPS) is 10.2. The Morgan fingerprint density at radius 2 is 1.80 bits per heavy atom. The molecule has 0 atom stereocenters. The van der Waals surface area contributed by atoms with Crippen LogP contribution in [0.25, 0.3) is 0 Å². The summed E-state index contributed by atoms with van der Waals surface area (Å²) < 4.78 is 9.97. The lowest BCUT2D eigenvalue weighted by molar-refractivity contribution is 0.0937. The van der Waals surface area contributed by atoms with Crippen molar-refractivity contribution in [3.8, 4) is 5.75 Å². The van der Waals surface area contributed by atoms with Gasteiger partial charge in [-0.3, -0.25) is 14.6 Å². The zero-order chi connectivity index (χ0) is 18.1. The van der Waals surface area contributed by atoms with Crippen molar-refractivity contribution in [1.29, 1.82) is 0 Å². The molecule has 2 amide bonds. The van der Waals surface area contributed by atoms with Crippen molar-refractivity contribution in [1.82, 2.24) is 15.6 Å². The lowest BCUT2D eigenvalue weighted by Gasteiger charge is -2.08. The molecule has 0 aliphatic rings. The Labute approximate surface area is 146 Å². The number of ether oxygens (including phenoxy) is 2. The van der Waals surface area contributed by atoms with E-state index in [0.29, 0.717) is 25.3 Å². The van der Waals surface area contributed by atoms with Crippen molar-refractivity contribution >= 4 is 11.8 Å². The smallest absolute Gasteiger partial charge is 0.270 e. The van der Waals surface area contributed by atoms with Gasteiger partial charge in [-0.15, -0.1) is 0 Å². The highest BCUT2D eigenvalue weighted by Crippen LogP contribution is 2.11. The van der Waals surface area contributed by atoms with Crippen LogP contribution in [0.4, 0.5) is 0 Å². The fourth-order valence-electron chi connectivity index (χ4n) is 2.08. The number of methoxy groups -OCH3 is 2. The first kappa shape index (κ1) is 18.4. The largest absolute Gasteiger partial charge is 0.497 e. The zero-order valence-corrected chi connectivity index (χ0v) is 14.2. The second-order valence-electron chi connectivity index (χ2n) is 5.21. The third-order valence-corrected chi connectivity index (χ3v) is 3.46. The van der Waals surface area contributed by atoms with Gasteiger partial charge in [-0.05, 0) is 29.8 Å². The van der Waals surface area contributed by atoms with Crippen LogP contribution in [0.1, 0.15) is 26.4 Å². The van der Waals surface area contributed by atoms with Gasteiger partial charge in [0.2, 0.25) is 0 Å². The Hall–Kier alpha value is -2.93. The van der Waals surface area contributed by atoms with E-state index >= 15 is 0 Å². The number of nitrogens with one attached hydrogen (secondary N) is 2. The molecule has 25 heavy (non-hydrogen) atoms. The number of hydrogen-bond acceptors (Lipinski definition) is 5. The van der Waals surface area contributed by atoms with Gasteiger partial charge in [0, 0.05) is 32.0 Å². The van der Waals surface area contributed by atoms with Crippen LogP contribution in [0.5, 0.6) is 5.75 Å². The second-order valence-corrected chi connectivity index (χ2v) is 5.21. The summed E-state index contributed by atoms with van der Waals surface area (Å²) in [5.41, 5.74) is 1.50. The summed E-state index contributed by atoms with van der Waals surface area (Å²) in [5, 5.41) is 5.48. The minimum absolute atomic E-state index is 0.188. The molecule has 0 fully saturated rings. The predicted octanol–water partition coefficient (Wildman–Crippen LogP) is 1.40. The summed E-state index contributed by atoms with van der Waals surface area (Å²) in [7, 11) is 3.16. The zero-order valence-electron chi connectivity index (χ0n) is 14.2. The number of pyridine rings is 1. The van der Waals surface area contributed by atoms with Crippen molar-refractivity contribution < 1.29 is 19.1 Å². The van der Waals surface area contributed by atoms with Crippen LogP contribution in [-0.2, 0) is 11.3 Å². The SMILES string of the molecule is COCCNC(=O)c1ccnc(C(=O)NCc2ccc(OC)cc2)c1. The Morgan fingerprint density at radius 3 is 2.48 bits per heavy atom. The Kier molecular flexibility index (Phi) is 6.91. The van der Waals surface area contributed by atoms with Gasteiger partial charge in [-0.1, -0.05) is 12.1 Å². The summed E-state index contributed by atoms with van der Waals surface area (Å²) in [6, 6.07) is 10.4. The number of hydrogen-bond donors (Lipinski definition) is 2. The molecule has 132 valence electrons. The lowest BCUT2D eigenvalue weighted by Crippen LogP contribution is -2.28. The minimum Gasteiger partial charge on any atom is -0.497 e. The van der Waals surface area contributed by atoms with E-state index in [1.54, 1.807) is 20.3 Å². The van der Waals surface area contributed by atoms with Crippen LogP contribution in [0.2, 0.25) is 0 Å². The van der Waals surface area contributed by atoms with E-state index in [1.807, 2.05) is 24.3 Å². The maximum Gasteiger partial charge on any atom is 0.270 e. The molecular formula is C18H21N3O4. The number of rotatable bonds is 8. The highest BCUT2D eigenvalue weighted by molar-refractivity contribution is 5.98. The molecule has 1 aromatic heterocycles. The molecular weight excluding hydrogens is 322 g/mol. The van der Waals surface area contributed by atoms with Gasteiger partial charge >= 0.3 is 0 Å². The standard InChI is InChI=1S/C18H21N3O4/c1-24-10-9-20-17(22)14-7-8-19-16(11-14)18(23)21-12-13-3-5-15(25-2)6-4-13/h3-8,11H,9-10,12H2,1-2H3,(H,20,22)(H,21,23). The molecule has 1 heterocycles. The molecule has 7 heteroatoms. The van der Waals surface area contributed by atoms with Gasteiger partial charge < -0.3 is 20.1 Å². The van der Waals surface area contributed by atoms with Gasteiger partial charge in [-0.25, -0.2) is 0 Å². The summed E-state index contributed by atoms with van der Waals surface area (Å²) in [6.45, 7) is 1.18. The summed E-state index contributed by atoms with van der Waals surface area (Å²) in [6.07, 6.45) is 1.44. The van der Waals surface area contributed by atoms with Gasteiger partial charge in [-0.2, -0.15) is 0 Å². The van der Waals surface area contributed by atoms with Gasteiger partial charge in [0.1, 0.15) is 11.4 Å². The maximum absolute atomic E-state index is 12.2. The van der Waals surface area contributed by atoms with E-state index in [9.17, 15) is 9.59 Å². The Balaban J connectivity index is 1.94. The summed E-state index contributed by atoms with van der Waals surface area (Å²) >= 11 is 0. The van der Waals surface area contributed by atoms with Crippen molar-refractivity contribution in [2.45, 2.75) is 6.54 Å². The van der Waals surface area contributed by atoms with Crippen molar-refractivity contribution in [2.75, 3.05) is 27.4 Å². The first-order valence-corrected chi connectivity index (χ1v) is 7.78. The number of benzene rings is 1. The van der Waals surface area contributed by atoms with E-state index in [-0.39, 0.29) is 17.5 Å². The Bertz CT molecular complexity index is 717. The van der Waals surface area contributed by atoms with Crippen molar-refractivity contribution in [3.63, 3.8) is 0 Å². The van der Waals surface area contributed by atoms with Gasteiger partial charge in [0.05, 0.1) is 13.7 Å². The fraction of sp³-hybridized carbons (Fsp3) is 0.278. The second kappa shape index (κ2) is 9.39. The quantitative estimate of drug-likeness (QED) is 0.707. The average Bonchev–Trinajstić information content (AvgIpc) is 2.66.